The number of carboxylic acid groups (broad SMARTS) is 1. The fraction of sp³-hybridized carbons (Fsp3) is 0.818. The van der Waals surface area contributed by atoms with Crippen molar-refractivity contribution in [2.45, 2.75) is 82.0 Å². The molecule has 3 amide bonds. The Morgan fingerprint density at radius 2 is 1.62 bits per heavy atom. The minimum atomic E-state index is -1.12. The zero-order valence-corrected chi connectivity index (χ0v) is 21.0. The molecule has 0 aliphatic carbocycles. The number of hydrogen-bond donors (Lipinski definition) is 6. The van der Waals surface area contributed by atoms with Gasteiger partial charge in [0.15, 0.2) is 0 Å². The van der Waals surface area contributed by atoms with Gasteiger partial charge >= 0.3 is 5.97 Å². The van der Waals surface area contributed by atoms with Gasteiger partial charge in [0, 0.05) is 6.54 Å². The fourth-order valence-corrected chi connectivity index (χ4v) is 4.42. The minimum Gasteiger partial charge on any atom is -0.480 e. The first-order chi connectivity index (χ1) is 16.3. The number of rotatable bonds is 17. The molecule has 34 heavy (non-hydrogen) atoms. The van der Waals surface area contributed by atoms with Crippen molar-refractivity contribution in [1.82, 2.24) is 15.5 Å². The maximum absolute atomic E-state index is 13.4. The van der Waals surface area contributed by atoms with Crippen molar-refractivity contribution >= 4 is 35.5 Å². The van der Waals surface area contributed by atoms with Crippen molar-refractivity contribution in [3.63, 3.8) is 0 Å². The molecule has 0 aromatic heterocycles. The van der Waals surface area contributed by atoms with Crippen molar-refractivity contribution in [2.24, 2.45) is 17.2 Å². The van der Waals surface area contributed by atoms with E-state index < -0.39 is 42.0 Å². The predicted molar refractivity (Wildman–Crippen MR) is 133 cm³/mol. The van der Waals surface area contributed by atoms with E-state index in [0.29, 0.717) is 71.0 Å². The van der Waals surface area contributed by atoms with Crippen LogP contribution in [0.4, 0.5) is 0 Å². The first-order valence-electron chi connectivity index (χ1n) is 12.0. The Morgan fingerprint density at radius 1 is 1.00 bits per heavy atom. The summed E-state index contributed by atoms with van der Waals surface area (Å²) < 4.78 is 0. The van der Waals surface area contributed by atoms with Crippen LogP contribution in [0.2, 0.25) is 0 Å². The predicted octanol–water partition coefficient (Wildman–Crippen LogP) is -0.630. The molecule has 0 radical (unpaired) electrons. The van der Waals surface area contributed by atoms with Crippen LogP contribution in [0.1, 0.15) is 57.8 Å². The summed E-state index contributed by atoms with van der Waals surface area (Å²) in [7, 11) is 0. The van der Waals surface area contributed by atoms with Crippen LogP contribution >= 0.6 is 11.8 Å². The average Bonchev–Trinajstić information content (AvgIpc) is 3.30. The van der Waals surface area contributed by atoms with Crippen molar-refractivity contribution < 1.29 is 24.3 Å². The third-order valence-electron chi connectivity index (χ3n) is 5.93. The summed E-state index contributed by atoms with van der Waals surface area (Å²) >= 11 is 1.58. The highest BCUT2D eigenvalue weighted by molar-refractivity contribution is 7.98. The third-order valence-corrected chi connectivity index (χ3v) is 6.58. The molecule has 1 aliphatic heterocycles. The highest BCUT2D eigenvalue weighted by Gasteiger charge is 2.38. The van der Waals surface area contributed by atoms with Gasteiger partial charge in [-0.3, -0.25) is 14.4 Å². The Bertz CT molecular complexity index is 668. The number of hydrogen-bond acceptors (Lipinski definition) is 8. The molecule has 0 bridgehead atoms. The van der Waals surface area contributed by atoms with Crippen molar-refractivity contribution in [1.29, 1.82) is 0 Å². The highest BCUT2D eigenvalue weighted by Crippen LogP contribution is 2.20. The van der Waals surface area contributed by atoms with Gasteiger partial charge in [0.25, 0.3) is 0 Å². The number of nitrogens with one attached hydrogen (secondary N) is 2. The summed E-state index contributed by atoms with van der Waals surface area (Å²) in [5, 5.41) is 14.8. The number of likely N-dealkylation sites (tertiary alicyclic amines) is 1. The first kappa shape index (κ1) is 30.1. The molecule has 4 atom stereocenters. The van der Waals surface area contributed by atoms with Gasteiger partial charge in [-0.15, -0.1) is 0 Å². The summed E-state index contributed by atoms with van der Waals surface area (Å²) in [5.74, 6) is -1.63. The van der Waals surface area contributed by atoms with Crippen molar-refractivity contribution in [2.75, 3.05) is 31.6 Å². The van der Waals surface area contributed by atoms with E-state index in [9.17, 15) is 24.3 Å². The summed E-state index contributed by atoms with van der Waals surface area (Å²) in [5.41, 5.74) is 17.0. The standard InChI is InChI=1S/C22H42N6O5S/c1-34-14-10-15(25)19(29)26-16(7-2-4-11-23)21(31)28-13-6-9-18(28)20(30)27-17(22(32)33)8-3-5-12-24/h15-18H,2-14,23-25H2,1H3,(H,26,29)(H,27,30)(H,32,33). The molecule has 1 aliphatic rings. The van der Waals surface area contributed by atoms with Crippen LogP contribution < -0.4 is 27.8 Å². The number of unbranched alkanes of at least 4 members (excludes halogenated alkanes) is 2. The van der Waals surface area contributed by atoms with Crippen molar-refractivity contribution in [3.8, 4) is 0 Å². The number of carbonyl (C=O) groups is 4. The van der Waals surface area contributed by atoms with Gasteiger partial charge in [0.1, 0.15) is 18.1 Å². The Kier molecular flexibility index (Phi) is 14.8. The fourth-order valence-electron chi connectivity index (χ4n) is 3.93. The molecule has 1 fully saturated rings. The molecular formula is C22H42N6O5S. The Balaban J connectivity index is 2.88. The summed E-state index contributed by atoms with van der Waals surface area (Å²) in [6.45, 7) is 1.28. The van der Waals surface area contributed by atoms with E-state index in [-0.39, 0.29) is 12.3 Å². The number of nitrogens with zero attached hydrogens (tertiary/aromatic N) is 1. The van der Waals surface area contributed by atoms with E-state index in [2.05, 4.69) is 10.6 Å². The monoisotopic (exact) mass is 502 g/mol. The van der Waals surface area contributed by atoms with Gasteiger partial charge in [-0.05, 0) is 82.9 Å². The number of nitrogens with two attached hydrogens (primary N) is 3. The first-order valence-corrected chi connectivity index (χ1v) is 13.4. The Hall–Kier alpha value is -1.89. The zero-order valence-electron chi connectivity index (χ0n) is 20.2. The van der Waals surface area contributed by atoms with E-state index in [1.807, 2.05) is 6.26 Å². The lowest BCUT2D eigenvalue weighted by Crippen LogP contribution is -2.56. The molecule has 4 unspecified atom stereocenters. The second-order valence-corrected chi connectivity index (χ2v) is 9.59. The summed E-state index contributed by atoms with van der Waals surface area (Å²) in [4.78, 5) is 51.9. The van der Waals surface area contributed by atoms with E-state index in [0.717, 1.165) is 5.75 Å². The lowest BCUT2D eigenvalue weighted by atomic mass is 10.1. The van der Waals surface area contributed by atoms with Crippen LogP contribution in [0.5, 0.6) is 0 Å². The van der Waals surface area contributed by atoms with Gasteiger partial charge in [-0.1, -0.05) is 0 Å². The van der Waals surface area contributed by atoms with Crippen LogP contribution in [-0.4, -0.2) is 89.5 Å². The molecule has 9 N–H and O–H groups in total. The normalized spacial score (nSPS) is 18.2. The molecule has 0 saturated carbocycles. The van der Waals surface area contributed by atoms with Gasteiger partial charge in [0.05, 0.1) is 6.04 Å². The minimum absolute atomic E-state index is 0.268. The highest BCUT2D eigenvalue weighted by atomic mass is 32.2. The SMILES string of the molecule is CSCCC(N)C(=O)NC(CCCCN)C(=O)N1CCCC1C(=O)NC(CCCCN)C(=O)O. The number of carboxylic acids is 1. The maximum atomic E-state index is 13.4. The molecule has 12 heteroatoms. The lowest BCUT2D eigenvalue weighted by Gasteiger charge is -2.30. The van der Waals surface area contributed by atoms with Crippen molar-refractivity contribution in [3.05, 3.63) is 0 Å². The summed E-state index contributed by atoms with van der Waals surface area (Å²) in [6, 6.07) is -3.35. The number of aliphatic carboxylic acids is 1. The van der Waals surface area contributed by atoms with E-state index in [4.69, 9.17) is 17.2 Å². The van der Waals surface area contributed by atoms with Gasteiger partial charge in [-0.25, -0.2) is 4.79 Å². The maximum Gasteiger partial charge on any atom is 0.326 e. The van der Waals surface area contributed by atoms with Crippen LogP contribution in [0.25, 0.3) is 0 Å². The number of carbonyl (C=O) groups excluding carboxylic acids is 3. The molecule has 1 saturated heterocycles. The molecule has 0 aromatic carbocycles. The van der Waals surface area contributed by atoms with E-state index in [1.165, 1.54) is 4.90 Å². The molecule has 11 nitrogen and oxygen atoms in total. The largest absolute Gasteiger partial charge is 0.480 e. The molecule has 1 rings (SSSR count). The zero-order chi connectivity index (χ0) is 25.5. The molecule has 1 heterocycles. The van der Waals surface area contributed by atoms with Gasteiger partial charge in [0.2, 0.25) is 17.7 Å². The molecule has 0 spiro atoms. The summed E-state index contributed by atoms with van der Waals surface area (Å²) in [6.07, 6.45) is 6.70. The quantitative estimate of drug-likeness (QED) is 0.140. The topological polar surface area (TPSA) is 194 Å². The average molecular weight is 503 g/mol. The van der Waals surface area contributed by atoms with Crippen LogP contribution in [0.3, 0.4) is 0 Å². The molecular weight excluding hydrogens is 460 g/mol. The van der Waals surface area contributed by atoms with Crippen LogP contribution in [-0.2, 0) is 19.2 Å². The lowest BCUT2D eigenvalue weighted by molar-refractivity contribution is -0.145. The molecule has 0 aromatic rings. The van der Waals surface area contributed by atoms with Crippen LogP contribution in [0.15, 0.2) is 0 Å². The van der Waals surface area contributed by atoms with Gasteiger partial charge < -0.3 is 37.8 Å². The Morgan fingerprint density at radius 3 is 2.18 bits per heavy atom. The van der Waals surface area contributed by atoms with E-state index in [1.54, 1.807) is 11.8 Å². The van der Waals surface area contributed by atoms with E-state index >= 15 is 0 Å². The smallest absolute Gasteiger partial charge is 0.326 e. The van der Waals surface area contributed by atoms with Crippen LogP contribution in [0, 0.1) is 0 Å². The second kappa shape index (κ2) is 16.7. The number of thioether (sulfide) groups is 1. The Labute approximate surface area is 206 Å². The van der Waals surface area contributed by atoms with Gasteiger partial charge in [-0.2, -0.15) is 11.8 Å². The molecule has 196 valence electrons. The third kappa shape index (κ3) is 10.2. The number of amides is 3. The second-order valence-electron chi connectivity index (χ2n) is 8.61.